The molecule has 1 rings (SSSR count). The second-order valence-corrected chi connectivity index (χ2v) is 3.69. The van der Waals surface area contributed by atoms with Gasteiger partial charge in [-0.25, -0.2) is 0 Å². The first kappa shape index (κ1) is 12.3. The summed E-state index contributed by atoms with van der Waals surface area (Å²) in [6.45, 7) is 4.28. The summed E-state index contributed by atoms with van der Waals surface area (Å²) >= 11 is 0. The van der Waals surface area contributed by atoms with Gasteiger partial charge in [-0.1, -0.05) is 18.2 Å². The minimum Gasteiger partial charge on any atom is -0.493 e. The highest BCUT2D eigenvalue weighted by Gasteiger charge is 2.05. The van der Waals surface area contributed by atoms with Crippen LogP contribution in [0.4, 0.5) is 0 Å². The molecule has 0 saturated carbocycles. The molecule has 0 fully saturated rings. The Kier molecular flexibility index (Phi) is 4.53. The van der Waals surface area contributed by atoms with Crippen molar-refractivity contribution in [2.45, 2.75) is 26.7 Å². The molecule has 0 heterocycles. The molecule has 3 nitrogen and oxygen atoms in total. The van der Waals surface area contributed by atoms with Gasteiger partial charge in [0.1, 0.15) is 11.5 Å². The second-order valence-electron chi connectivity index (χ2n) is 3.69. The lowest BCUT2D eigenvalue weighted by Crippen LogP contribution is -2.06. The summed E-state index contributed by atoms with van der Waals surface area (Å²) in [5.41, 5.74) is 2.13. The van der Waals surface area contributed by atoms with Crippen molar-refractivity contribution in [2.24, 2.45) is 0 Å². The number of ether oxygens (including phenoxy) is 1. The van der Waals surface area contributed by atoms with E-state index in [2.05, 4.69) is 0 Å². The van der Waals surface area contributed by atoms with E-state index in [4.69, 9.17) is 10.00 Å². The minimum atomic E-state index is -0.0752. The monoisotopic (exact) mass is 217 g/mol. The van der Waals surface area contributed by atoms with Crippen molar-refractivity contribution in [3.05, 3.63) is 29.3 Å². The summed E-state index contributed by atoms with van der Waals surface area (Å²) in [5, 5.41) is 8.33. The first-order valence-electron chi connectivity index (χ1n) is 5.23. The molecule has 1 aromatic carbocycles. The van der Waals surface area contributed by atoms with Gasteiger partial charge in [0.05, 0.1) is 19.1 Å². The molecule has 0 aliphatic carbocycles. The van der Waals surface area contributed by atoms with E-state index in [0.717, 1.165) is 16.9 Å². The maximum absolute atomic E-state index is 11.1. The number of aryl methyl sites for hydroxylation is 2. The molecule has 3 heteroatoms. The van der Waals surface area contributed by atoms with Gasteiger partial charge in [-0.2, -0.15) is 5.26 Å². The molecule has 84 valence electrons. The van der Waals surface area contributed by atoms with E-state index in [1.807, 2.05) is 38.1 Å². The van der Waals surface area contributed by atoms with E-state index < -0.39 is 0 Å². The lowest BCUT2D eigenvalue weighted by Gasteiger charge is -2.10. The predicted molar refractivity (Wildman–Crippen MR) is 61.3 cm³/mol. The first-order valence-corrected chi connectivity index (χ1v) is 5.23. The smallest absolute Gasteiger partial charge is 0.150 e. The van der Waals surface area contributed by atoms with Gasteiger partial charge in [0.2, 0.25) is 0 Å². The summed E-state index contributed by atoms with van der Waals surface area (Å²) in [5.74, 6) is 0.765. The van der Waals surface area contributed by atoms with E-state index in [9.17, 15) is 4.79 Å². The molecule has 0 aliphatic rings. The normalized spacial score (nSPS) is 9.56. The topological polar surface area (TPSA) is 50.1 Å². The Hall–Kier alpha value is -1.82. The van der Waals surface area contributed by atoms with E-state index in [0.29, 0.717) is 13.0 Å². The van der Waals surface area contributed by atoms with Gasteiger partial charge in [0.25, 0.3) is 0 Å². The van der Waals surface area contributed by atoms with Crippen LogP contribution < -0.4 is 4.74 Å². The number of para-hydroxylation sites is 1. The van der Waals surface area contributed by atoms with Crippen LogP contribution in [0.5, 0.6) is 5.75 Å². The van der Waals surface area contributed by atoms with Crippen molar-refractivity contribution < 1.29 is 9.53 Å². The van der Waals surface area contributed by atoms with Crippen LogP contribution in [0, 0.1) is 25.2 Å². The van der Waals surface area contributed by atoms with Gasteiger partial charge in [-0.05, 0) is 25.0 Å². The van der Waals surface area contributed by atoms with Gasteiger partial charge >= 0.3 is 0 Å². The highest BCUT2D eigenvalue weighted by atomic mass is 16.5. The average molecular weight is 217 g/mol. The van der Waals surface area contributed by atoms with Crippen molar-refractivity contribution in [1.82, 2.24) is 0 Å². The van der Waals surface area contributed by atoms with E-state index in [-0.39, 0.29) is 12.2 Å². The Labute approximate surface area is 95.7 Å². The van der Waals surface area contributed by atoms with Gasteiger partial charge in [0, 0.05) is 6.42 Å². The molecule has 0 radical (unpaired) electrons. The average Bonchev–Trinajstić information content (AvgIpc) is 2.23. The Morgan fingerprint density at radius 1 is 1.38 bits per heavy atom. The van der Waals surface area contributed by atoms with Crippen molar-refractivity contribution in [2.75, 3.05) is 6.61 Å². The third-order valence-corrected chi connectivity index (χ3v) is 2.31. The van der Waals surface area contributed by atoms with Crippen LogP contribution in [0.25, 0.3) is 0 Å². The fourth-order valence-corrected chi connectivity index (χ4v) is 1.47. The zero-order chi connectivity index (χ0) is 12.0. The number of nitriles is 1. The van der Waals surface area contributed by atoms with E-state index >= 15 is 0 Å². The predicted octanol–water partition coefficient (Wildman–Crippen LogP) is 2.56. The van der Waals surface area contributed by atoms with Crippen molar-refractivity contribution >= 4 is 5.78 Å². The standard InChI is InChI=1S/C13H15NO2/c1-10-4-3-5-11(2)13(10)16-9-7-12(15)6-8-14/h3-5H,6-7,9H2,1-2H3. The van der Waals surface area contributed by atoms with Gasteiger partial charge in [0.15, 0.2) is 0 Å². The summed E-state index contributed by atoms with van der Waals surface area (Å²) in [6.07, 6.45) is 0.261. The second kappa shape index (κ2) is 5.92. The number of ketones is 1. The Morgan fingerprint density at radius 3 is 2.56 bits per heavy atom. The number of carbonyl (C=O) groups is 1. The molecule has 0 atom stereocenters. The summed E-state index contributed by atoms with van der Waals surface area (Å²) in [7, 11) is 0. The third kappa shape index (κ3) is 3.39. The number of nitrogens with zero attached hydrogens (tertiary/aromatic N) is 1. The van der Waals surface area contributed by atoms with Crippen molar-refractivity contribution in [1.29, 1.82) is 5.26 Å². The molecular formula is C13H15NO2. The van der Waals surface area contributed by atoms with E-state index in [1.165, 1.54) is 0 Å². The highest BCUT2D eigenvalue weighted by molar-refractivity contribution is 5.80. The van der Waals surface area contributed by atoms with Crippen molar-refractivity contribution in [3.63, 3.8) is 0 Å². The third-order valence-electron chi connectivity index (χ3n) is 2.31. The number of hydrogen-bond donors (Lipinski definition) is 0. The fraction of sp³-hybridized carbons (Fsp3) is 0.385. The lowest BCUT2D eigenvalue weighted by atomic mass is 10.1. The molecule has 0 amide bonds. The molecule has 0 aliphatic heterocycles. The Bertz CT molecular complexity index is 398. The van der Waals surface area contributed by atoms with Gasteiger partial charge in [-0.15, -0.1) is 0 Å². The quantitative estimate of drug-likeness (QED) is 0.761. The zero-order valence-corrected chi connectivity index (χ0v) is 9.62. The molecule has 0 saturated heterocycles. The van der Waals surface area contributed by atoms with Crippen LogP contribution in [-0.2, 0) is 4.79 Å². The lowest BCUT2D eigenvalue weighted by molar-refractivity contribution is -0.118. The van der Waals surface area contributed by atoms with Gasteiger partial charge in [-0.3, -0.25) is 4.79 Å². The maximum atomic E-state index is 11.1. The Morgan fingerprint density at radius 2 is 2.00 bits per heavy atom. The number of benzene rings is 1. The molecule has 1 aromatic rings. The summed E-state index contributed by atoms with van der Waals surface area (Å²) in [6, 6.07) is 7.75. The molecule has 0 spiro atoms. The molecule has 0 N–H and O–H groups in total. The maximum Gasteiger partial charge on any atom is 0.150 e. The summed E-state index contributed by atoms with van der Waals surface area (Å²) in [4.78, 5) is 11.1. The van der Waals surface area contributed by atoms with Crippen molar-refractivity contribution in [3.8, 4) is 11.8 Å². The SMILES string of the molecule is Cc1cccc(C)c1OCCC(=O)CC#N. The largest absolute Gasteiger partial charge is 0.493 e. The van der Waals surface area contributed by atoms with Crippen LogP contribution in [-0.4, -0.2) is 12.4 Å². The number of Topliss-reactive ketones (excluding diaryl/α,β-unsaturated/α-hetero) is 1. The van der Waals surface area contributed by atoms with Crippen LogP contribution in [0.3, 0.4) is 0 Å². The Balaban J connectivity index is 2.50. The minimum absolute atomic E-state index is 0.0316. The fourth-order valence-electron chi connectivity index (χ4n) is 1.47. The first-order chi connectivity index (χ1) is 7.65. The summed E-state index contributed by atoms with van der Waals surface area (Å²) < 4.78 is 5.55. The van der Waals surface area contributed by atoms with Crippen LogP contribution in [0.1, 0.15) is 24.0 Å². The van der Waals surface area contributed by atoms with Crippen LogP contribution >= 0.6 is 0 Å². The van der Waals surface area contributed by atoms with Crippen LogP contribution in [0.15, 0.2) is 18.2 Å². The van der Waals surface area contributed by atoms with Crippen LogP contribution in [0.2, 0.25) is 0 Å². The molecule has 0 unspecified atom stereocenters. The number of rotatable bonds is 5. The molecule has 0 aromatic heterocycles. The highest BCUT2D eigenvalue weighted by Crippen LogP contribution is 2.22. The number of hydrogen-bond acceptors (Lipinski definition) is 3. The van der Waals surface area contributed by atoms with E-state index in [1.54, 1.807) is 0 Å². The van der Waals surface area contributed by atoms with Gasteiger partial charge < -0.3 is 4.74 Å². The molecule has 16 heavy (non-hydrogen) atoms. The zero-order valence-electron chi connectivity index (χ0n) is 9.62. The molecule has 0 bridgehead atoms. The number of carbonyl (C=O) groups excluding carboxylic acids is 1. The molecular weight excluding hydrogens is 202 g/mol.